The number of guanidine groups is 1. The molecule has 2 heterocycles. The first kappa shape index (κ1) is 23.8. The van der Waals surface area contributed by atoms with Gasteiger partial charge in [-0.3, -0.25) is 9.89 Å². The van der Waals surface area contributed by atoms with Gasteiger partial charge in [-0.2, -0.15) is 0 Å². The number of rotatable bonds is 11. The van der Waals surface area contributed by atoms with Crippen LogP contribution in [0.1, 0.15) is 37.8 Å². The van der Waals surface area contributed by atoms with Crippen LogP contribution >= 0.6 is 0 Å². The maximum atomic E-state index is 5.76. The highest BCUT2D eigenvalue weighted by atomic mass is 16.5. The quantitative estimate of drug-likeness (QED) is 0.330. The molecular weight excluding hydrogens is 392 g/mol. The molecule has 2 aliphatic rings. The number of ether oxygens (including phenoxy) is 3. The summed E-state index contributed by atoms with van der Waals surface area (Å²) in [5.74, 6) is 2.51. The molecule has 0 amide bonds. The molecule has 0 aliphatic carbocycles. The maximum absolute atomic E-state index is 5.76. The van der Waals surface area contributed by atoms with E-state index in [0.717, 1.165) is 64.0 Å². The van der Waals surface area contributed by atoms with Crippen molar-refractivity contribution in [3.8, 4) is 5.75 Å². The van der Waals surface area contributed by atoms with Crippen molar-refractivity contribution < 1.29 is 14.2 Å². The molecule has 0 aromatic heterocycles. The Balaban J connectivity index is 1.68. The second-order valence-electron chi connectivity index (χ2n) is 8.36. The first-order chi connectivity index (χ1) is 15.3. The molecule has 1 N–H and O–H groups in total. The van der Waals surface area contributed by atoms with Gasteiger partial charge in [-0.05, 0) is 45.3 Å². The molecule has 1 aromatic carbocycles. The first-order valence-corrected chi connectivity index (χ1v) is 11.7. The summed E-state index contributed by atoms with van der Waals surface area (Å²) in [6.45, 7) is 10.1. The number of likely N-dealkylation sites (tertiary alicyclic amines) is 2. The number of benzene rings is 1. The SMILES string of the molecule is CCNC(=NCC(c1ccccc1OC)N1CCCC1)N1CCC(COCCOC)C1. The van der Waals surface area contributed by atoms with Crippen LogP contribution in [0.4, 0.5) is 0 Å². The van der Waals surface area contributed by atoms with Crippen molar-refractivity contribution in [2.45, 2.75) is 32.2 Å². The van der Waals surface area contributed by atoms with Gasteiger partial charge in [0.2, 0.25) is 0 Å². The molecule has 0 spiro atoms. The van der Waals surface area contributed by atoms with Gasteiger partial charge in [-0.1, -0.05) is 18.2 Å². The molecule has 2 fully saturated rings. The highest BCUT2D eigenvalue weighted by molar-refractivity contribution is 5.80. The Kier molecular flexibility index (Phi) is 9.90. The van der Waals surface area contributed by atoms with E-state index in [-0.39, 0.29) is 6.04 Å². The zero-order valence-corrected chi connectivity index (χ0v) is 19.5. The molecule has 174 valence electrons. The smallest absolute Gasteiger partial charge is 0.193 e. The van der Waals surface area contributed by atoms with Gasteiger partial charge in [-0.15, -0.1) is 0 Å². The molecular formula is C24H40N4O3. The van der Waals surface area contributed by atoms with Crippen LogP contribution in [0.3, 0.4) is 0 Å². The van der Waals surface area contributed by atoms with Crippen LogP contribution in [0.15, 0.2) is 29.3 Å². The van der Waals surface area contributed by atoms with Gasteiger partial charge in [0.15, 0.2) is 5.96 Å². The summed E-state index contributed by atoms with van der Waals surface area (Å²) < 4.78 is 16.5. The summed E-state index contributed by atoms with van der Waals surface area (Å²) in [5.41, 5.74) is 1.23. The van der Waals surface area contributed by atoms with Crippen molar-refractivity contribution in [3.63, 3.8) is 0 Å². The van der Waals surface area contributed by atoms with E-state index in [4.69, 9.17) is 19.2 Å². The Hall–Kier alpha value is -1.83. The van der Waals surface area contributed by atoms with Gasteiger partial charge < -0.3 is 24.4 Å². The Morgan fingerprint density at radius 2 is 1.97 bits per heavy atom. The topological polar surface area (TPSA) is 58.6 Å². The Morgan fingerprint density at radius 3 is 2.71 bits per heavy atom. The minimum Gasteiger partial charge on any atom is -0.496 e. The number of aliphatic imine (C=N–C) groups is 1. The standard InChI is InChI=1S/C24H40N4O3/c1-4-25-24(28-14-11-20(18-28)19-31-16-15-29-2)26-17-22(27-12-7-8-13-27)21-9-5-6-10-23(21)30-3/h5-6,9-10,20,22H,4,7-8,11-19H2,1-3H3,(H,25,26). The lowest BCUT2D eigenvalue weighted by Gasteiger charge is -2.29. The van der Waals surface area contributed by atoms with Gasteiger partial charge in [0.25, 0.3) is 0 Å². The number of hydrogen-bond donors (Lipinski definition) is 1. The van der Waals surface area contributed by atoms with Gasteiger partial charge in [0, 0.05) is 38.2 Å². The van der Waals surface area contributed by atoms with Crippen LogP contribution in [0.5, 0.6) is 5.75 Å². The fraction of sp³-hybridized carbons (Fsp3) is 0.708. The summed E-state index contributed by atoms with van der Waals surface area (Å²) in [5, 5.41) is 3.51. The van der Waals surface area contributed by atoms with Gasteiger partial charge >= 0.3 is 0 Å². The number of nitrogens with zero attached hydrogens (tertiary/aromatic N) is 3. The Bertz CT molecular complexity index is 679. The average Bonchev–Trinajstić information content (AvgIpc) is 3.49. The second-order valence-corrected chi connectivity index (χ2v) is 8.36. The molecule has 0 saturated carbocycles. The summed E-state index contributed by atoms with van der Waals surface area (Å²) in [6.07, 6.45) is 3.65. The minimum absolute atomic E-state index is 0.239. The zero-order valence-electron chi connectivity index (χ0n) is 19.5. The predicted octanol–water partition coefficient (Wildman–Crippen LogP) is 2.78. The molecule has 31 heavy (non-hydrogen) atoms. The lowest BCUT2D eigenvalue weighted by molar-refractivity contribution is 0.0536. The van der Waals surface area contributed by atoms with Crippen LogP contribution in [-0.4, -0.2) is 89.1 Å². The summed E-state index contributed by atoms with van der Waals surface area (Å²) >= 11 is 0. The molecule has 2 unspecified atom stereocenters. The van der Waals surface area contributed by atoms with Crippen LogP contribution in [0, 0.1) is 5.92 Å². The Morgan fingerprint density at radius 1 is 1.16 bits per heavy atom. The van der Waals surface area contributed by atoms with Gasteiger partial charge in [0.1, 0.15) is 5.75 Å². The first-order valence-electron chi connectivity index (χ1n) is 11.7. The lowest BCUT2D eigenvalue weighted by Crippen LogP contribution is -2.41. The molecule has 3 rings (SSSR count). The van der Waals surface area contributed by atoms with E-state index >= 15 is 0 Å². The average molecular weight is 433 g/mol. The zero-order chi connectivity index (χ0) is 21.9. The van der Waals surface area contributed by atoms with Crippen molar-refractivity contribution >= 4 is 5.96 Å². The van der Waals surface area contributed by atoms with Gasteiger partial charge in [0.05, 0.1) is 39.5 Å². The van der Waals surface area contributed by atoms with Crippen molar-refractivity contribution in [3.05, 3.63) is 29.8 Å². The van der Waals surface area contributed by atoms with Crippen molar-refractivity contribution in [2.75, 3.05) is 73.3 Å². The highest BCUT2D eigenvalue weighted by Gasteiger charge is 2.28. The molecule has 0 radical (unpaired) electrons. The van der Waals surface area contributed by atoms with Crippen LogP contribution in [-0.2, 0) is 9.47 Å². The fourth-order valence-electron chi connectivity index (χ4n) is 4.56. The van der Waals surface area contributed by atoms with E-state index in [1.807, 2.05) is 6.07 Å². The summed E-state index contributed by atoms with van der Waals surface area (Å²) in [4.78, 5) is 10.1. The molecule has 2 atom stereocenters. The maximum Gasteiger partial charge on any atom is 0.193 e. The lowest BCUT2D eigenvalue weighted by atomic mass is 10.0. The van der Waals surface area contributed by atoms with Crippen LogP contribution in [0.25, 0.3) is 0 Å². The largest absolute Gasteiger partial charge is 0.496 e. The molecule has 2 aliphatic heterocycles. The van der Waals surface area contributed by atoms with E-state index in [2.05, 4.69) is 40.2 Å². The van der Waals surface area contributed by atoms with E-state index in [1.165, 1.54) is 18.4 Å². The third kappa shape index (κ3) is 6.82. The molecule has 2 saturated heterocycles. The number of para-hydroxylation sites is 1. The normalized spacial score (nSPS) is 20.9. The Labute approximate surface area is 187 Å². The third-order valence-corrected chi connectivity index (χ3v) is 6.20. The van der Waals surface area contributed by atoms with E-state index in [1.54, 1.807) is 14.2 Å². The second kappa shape index (κ2) is 12.9. The van der Waals surface area contributed by atoms with Crippen LogP contribution in [0.2, 0.25) is 0 Å². The van der Waals surface area contributed by atoms with Crippen LogP contribution < -0.4 is 10.1 Å². The molecule has 0 bridgehead atoms. The number of methoxy groups -OCH3 is 2. The van der Waals surface area contributed by atoms with E-state index < -0.39 is 0 Å². The van der Waals surface area contributed by atoms with Crippen molar-refractivity contribution in [1.29, 1.82) is 0 Å². The van der Waals surface area contributed by atoms with Crippen molar-refractivity contribution in [1.82, 2.24) is 15.1 Å². The number of nitrogens with one attached hydrogen (secondary N) is 1. The van der Waals surface area contributed by atoms with Gasteiger partial charge in [-0.25, -0.2) is 0 Å². The molecule has 7 heteroatoms. The summed E-state index contributed by atoms with van der Waals surface area (Å²) in [6, 6.07) is 8.62. The highest BCUT2D eigenvalue weighted by Crippen LogP contribution is 2.32. The van der Waals surface area contributed by atoms with E-state index in [0.29, 0.717) is 19.1 Å². The minimum atomic E-state index is 0.239. The summed E-state index contributed by atoms with van der Waals surface area (Å²) in [7, 11) is 3.46. The number of hydrogen-bond acceptors (Lipinski definition) is 5. The molecule has 1 aromatic rings. The molecule has 7 nitrogen and oxygen atoms in total. The third-order valence-electron chi connectivity index (χ3n) is 6.20. The van der Waals surface area contributed by atoms with E-state index in [9.17, 15) is 0 Å². The predicted molar refractivity (Wildman–Crippen MR) is 125 cm³/mol. The van der Waals surface area contributed by atoms with Crippen molar-refractivity contribution in [2.24, 2.45) is 10.9 Å². The monoisotopic (exact) mass is 432 g/mol. The fourth-order valence-corrected chi connectivity index (χ4v) is 4.56.